The number of aryl methyl sites for hydroxylation is 1. The van der Waals surface area contributed by atoms with E-state index in [1.165, 1.54) is 0 Å². The van der Waals surface area contributed by atoms with Crippen molar-refractivity contribution in [2.75, 3.05) is 0 Å². The zero-order chi connectivity index (χ0) is 12.4. The lowest BCUT2D eigenvalue weighted by molar-refractivity contribution is 1.43. The van der Waals surface area contributed by atoms with Gasteiger partial charge in [0.1, 0.15) is 0 Å². The molecule has 0 atom stereocenters. The molecule has 2 rings (SSSR count). The molecule has 0 amide bonds. The predicted molar refractivity (Wildman–Crippen MR) is 74.0 cm³/mol. The summed E-state index contributed by atoms with van der Waals surface area (Å²) in [4.78, 5) is 0. The first-order valence-corrected chi connectivity index (χ1v) is 6.25. The van der Waals surface area contributed by atoms with Crippen molar-refractivity contribution in [3.05, 3.63) is 57.0 Å². The molecule has 0 heterocycles. The smallest absolute Gasteiger partial charge is 0.0992 e. The first kappa shape index (κ1) is 12.2. The summed E-state index contributed by atoms with van der Waals surface area (Å²) < 4.78 is 1.04. The van der Waals surface area contributed by atoms with Gasteiger partial charge in [0.05, 0.1) is 11.6 Å². The molecular formula is C14H9BrClN. The van der Waals surface area contributed by atoms with Crippen LogP contribution in [0.4, 0.5) is 0 Å². The summed E-state index contributed by atoms with van der Waals surface area (Å²) in [7, 11) is 0. The predicted octanol–water partition coefficient (Wildman–Crippen LogP) is 4.95. The molecule has 0 radical (unpaired) electrons. The molecule has 0 aliphatic heterocycles. The second-order valence-electron chi connectivity index (χ2n) is 3.77. The molecule has 0 spiro atoms. The van der Waals surface area contributed by atoms with Crippen LogP contribution in [-0.2, 0) is 0 Å². The van der Waals surface area contributed by atoms with Gasteiger partial charge in [-0.2, -0.15) is 5.26 Å². The Bertz CT molecular complexity index is 614. The summed E-state index contributed by atoms with van der Waals surface area (Å²) in [5, 5.41) is 9.41. The van der Waals surface area contributed by atoms with Crippen molar-refractivity contribution in [1.82, 2.24) is 0 Å². The Morgan fingerprint density at radius 1 is 1.12 bits per heavy atom. The van der Waals surface area contributed by atoms with Crippen molar-refractivity contribution < 1.29 is 0 Å². The normalized spacial score (nSPS) is 10.0. The first-order valence-electron chi connectivity index (χ1n) is 5.08. The van der Waals surface area contributed by atoms with Crippen LogP contribution >= 0.6 is 27.5 Å². The molecule has 84 valence electrons. The second-order valence-corrected chi connectivity index (χ2v) is 5.09. The summed E-state index contributed by atoms with van der Waals surface area (Å²) in [6.07, 6.45) is 0. The van der Waals surface area contributed by atoms with Crippen LogP contribution in [-0.4, -0.2) is 0 Å². The average Bonchev–Trinajstić information content (AvgIpc) is 2.30. The maximum Gasteiger partial charge on any atom is 0.0992 e. The van der Waals surface area contributed by atoms with E-state index in [0.29, 0.717) is 10.6 Å². The minimum Gasteiger partial charge on any atom is -0.192 e. The van der Waals surface area contributed by atoms with Crippen molar-refractivity contribution in [3.63, 3.8) is 0 Å². The van der Waals surface area contributed by atoms with Crippen LogP contribution in [0, 0.1) is 18.3 Å². The Kier molecular flexibility index (Phi) is 3.51. The molecule has 1 nitrogen and oxygen atoms in total. The molecule has 0 aromatic heterocycles. The zero-order valence-electron chi connectivity index (χ0n) is 9.17. The highest BCUT2D eigenvalue weighted by atomic mass is 79.9. The van der Waals surface area contributed by atoms with Crippen LogP contribution in [0.25, 0.3) is 11.1 Å². The molecule has 0 saturated heterocycles. The highest BCUT2D eigenvalue weighted by Crippen LogP contribution is 2.32. The second kappa shape index (κ2) is 4.91. The maximum atomic E-state index is 8.80. The molecule has 0 fully saturated rings. The minimum absolute atomic E-state index is 0.577. The SMILES string of the molecule is Cc1cc(Br)ccc1-c1ccc(C#N)cc1Cl. The largest absolute Gasteiger partial charge is 0.192 e. The Morgan fingerprint density at radius 3 is 2.41 bits per heavy atom. The highest BCUT2D eigenvalue weighted by Gasteiger charge is 2.07. The van der Waals surface area contributed by atoms with Gasteiger partial charge >= 0.3 is 0 Å². The van der Waals surface area contributed by atoms with E-state index in [1.54, 1.807) is 12.1 Å². The van der Waals surface area contributed by atoms with Crippen molar-refractivity contribution in [3.8, 4) is 17.2 Å². The summed E-state index contributed by atoms with van der Waals surface area (Å²) in [5.41, 5.74) is 3.76. The number of hydrogen-bond acceptors (Lipinski definition) is 1. The fourth-order valence-electron chi connectivity index (χ4n) is 1.73. The fourth-order valence-corrected chi connectivity index (χ4v) is 2.49. The molecule has 0 aliphatic rings. The van der Waals surface area contributed by atoms with Crippen molar-refractivity contribution in [1.29, 1.82) is 5.26 Å². The van der Waals surface area contributed by atoms with Gasteiger partial charge in [-0.05, 0) is 42.3 Å². The van der Waals surface area contributed by atoms with E-state index < -0.39 is 0 Å². The molecule has 0 bridgehead atoms. The standard InChI is InChI=1S/C14H9BrClN/c1-9-6-11(15)3-5-12(9)13-4-2-10(8-17)7-14(13)16/h2-7H,1H3. The fraction of sp³-hybridized carbons (Fsp3) is 0.0714. The average molecular weight is 307 g/mol. The van der Waals surface area contributed by atoms with E-state index >= 15 is 0 Å². The molecule has 17 heavy (non-hydrogen) atoms. The van der Waals surface area contributed by atoms with Crippen LogP contribution in [0.2, 0.25) is 5.02 Å². The maximum absolute atomic E-state index is 8.80. The van der Waals surface area contributed by atoms with E-state index in [4.69, 9.17) is 16.9 Å². The van der Waals surface area contributed by atoms with Gasteiger partial charge in [-0.25, -0.2) is 0 Å². The van der Waals surface area contributed by atoms with Crippen molar-refractivity contribution in [2.24, 2.45) is 0 Å². The van der Waals surface area contributed by atoms with E-state index in [2.05, 4.69) is 22.0 Å². The monoisotopic (exact) mass is 305 g/mol. The van der Waals surface area contributed by atoms with Crippen molar-refractivity contribution in [2.45, 2.75) is 6.92 Å². The third kappa shape index (κ3) is 2.52. The minimum atomic E-state index is 0.577. The van der Waals surface area contributed by atoms with Crippen LogP contribution in [0.3, 0.4) is 0 Å². The molecule has 0 aliphatic carbocycles. The number of benzene rings is 2. The van der Waals surface area contributed by atoms with E-state index in [9.17, 15) is 0 Å². The molecule has 0 saturated carbocycles. The Hall–Kier alpha value is -1.30. The Labute approximate surface area is 114 Å². The number of rotatable bonds is 1. The molecule has 2 aromatic rings. The first-order chi connectivity index (χ1) is 8.11. The molecule has 0 unspecified atom stereocenters. The number of hydrogen-bond donors (Lipinski definition) is 0. The number of nitrogens with zero attached hydrogens (tertiary/aromatic N) is 1. The van der Waals surface area contributed by atoms with Crippen molar-refractivity contribution >= 4 is 27.5 Å². The lowest BCUT2D eigenvalue weighted by atomic mass is 10.00. The molecule has 0 N–H and O–H groups in total. The van der Waals surface area contributed by atoms with Gasteiger partial charge < -0.3 is 0 Å². The van der Waals surface area contributed by atoms with Gasteiger partial charge in [0, 0.05) is 15.1 Å². The summed E-state index contributed by atoms with van der Waals surface area (Å²) in [5.74, 6) is 0. The van der Waals surface area contributed by atoms with Gasteiger partial charge in [0.25, 0.3) is 0 Å². The topological polar surface area (TPSA) is 23.8 Å². The third-order valence-electron chi connectivity index (χ3n) is 2.58. The quantitative estimate of drug-likeness (QED) is 0.731. The van der Waals surface area contributed by atoms with Gasteiger partial charge in [-0.3, -0.25) is 0 Å². The molecule has 3 heteroatoms. The van der Waals surface area contributed by atoms with Crippen LogP contribution in [0.5, 0.6) is 0 Å². The number of nitriles is 1. The third-order valence-corrected chi connectivity index (χ3v) is 3.38. The highest BCUT2D eigenvalue weighted by molar-refractivity contribution is 9.10. The van der Waals surface area contributed by atoms with Crippen LogP contribution < -0.4 is 0 Å². The summed E-state index contributed by atoms with van der Waals surface area (Å²) in [6, 6.07) is 13.5. The number of halogens is 2. The van der Waals surface area contributed by atoms with Gasteiger partial charge in [0.15, 0.2) is 0 Å². The van der Waals surface area contributed by atoms with E-state index in [-0.39, 0.29) is 0 Å². The summed E-state index contributed by atoms with van der Waals surface area (Å²) in [6.45, 7) is 2.04. The van der Waals surface area contributed by atoms with Gasteiger partial charge in [-0.1, -0.05) is 39.7 Å². The lowest BCUT2D eigenvalue weighted by Gasteiger charge is -2.08. The Balaban J connectivity index is 2.58. The lowest BCUT2D eigenvalue weighted by Crippen LogP contribution is -1.86. The van der Waals surface area contributed by atoms with Crippen LogP contribution in [0.15, 0.2) is 40.9 Å². The van der Waals surface area contributed by atoms with E-state index in [0.717, 1.165) is 21.2 Å². The van der Waals surface area contributed by atoms with Crippen LogP contribution in [0.1, 0.15) is 11.1 Å². The van der Waals surface area contributed by atoms with Gasteiger partial charge in [0.2, 0.25) is 0 Å². The Morgan fingerprint density at radius 2 is 1.82 bits per heavy atom. The zero-order valence-corrected chi connectivity index (χ0v) is 11.5. The van der Waals surface area contributed by atoms with Gasteiger partial charge in [-0.15, -0.1) is 0 Å². The van der Waals surface area contributed by atoms with E-state index in [1.807, 2.05) is 31.2 Å². The molecular weight excluding hydrogens is 298 g/mol. The summed E-state index contributed by atoms with van der Waals surface area (Å²) >= 11 is 9.63. The molecule has 2 aromatic carbocycles.